The summed E-state index contributed by atoms with van der Waals surface area (Å²) in [5.74, 6) is 0.468. The van der Waals surface area contributed by atoms with Crippen molar-refractivity contribution in [2.24, 2.45) is 0 Å². The number of nitro groups is 1. The van der Waals surface area contributed by atoms with Crippen LogP contribution in [0.5, 0.6) is 11.5 Å². The summed E-state index contributed by atoms with van der Waals surface area (Å²) in [6.07, 6.45) is -0.765. The zero-order valence-electron chi connectivity index (χ0n) is 10.9. The van der Waals surface area contributed by atoms with Gasteiger partial charge in [-0.05, 0) is 47.1 Å². The Morgan fingerprint density at radius 3 is 2.62 bits per heavy atom. The van der Waals surface area contributed by atoms with E-state index in [0.29, 0.717) is 15.8 Å². The third kappa shape index (κ3) is 3.61. The van der Waals surface area contributed by atoms with Crippen molar-refractivity contribution in [1.29, 1.82) is 0 Å². The summed E-state index contributed by atoms with van der Waals surface area (Å²) in [6, 6.07) is 9.68. The van der Waals surface area contributed by atoms with Crippen LogP contribution in [0.15, 0.2) is 45.3 Å². The van der Waals surface area contributed by atoms with E-state index in [1.807, 2.05) is 0 Å². The molecule has 0 aliphatic heterocycles. The highest BCUT2D eigenvalue weighted by Crippen LogP contribution is 2.40. The van der Waals surface area contributed by atoms with Gasteiger partial charge in [0.2, 0.25) is 5.75 Å². The predicted octanol–water partition coefficient (Wildman–Crippen LogP) is 4.97. The van der Waals surface area contributed by atoms with Crippen molar-refractivity contribution in [3.05, 3.63) is 61.0 Å². The molecule has 2 rings (SSSR count). The van der Waals surface area contributed by atoms with Crippen molar-refractivity contribution in [3.63, 3.8) is 0 Å². The van der Waals surface area contributed by atoms with Crippen molar-refractivity contribution in [1.82, 2.24) is 0 Å². The number of hydrogen-bond donors (Lipinski definition) is 1. The van der Waals surface area contributed by atoms with Gasteiger partial charge in [-0.25, -0.2) is 0 Å². The molecular weight excluding hydrogens is 406 g/mol. The molecule has 0 heterocycles. The molecule has 7 heteroatoms. The van der Waals surface area contributed by atoms with Crippen molar-refractivity contribution >= 4 is 37.5 Å². The van der Waals surface area contributed by atoms with Gasteiger partial charge in [0.1, 0.15) is 5.75 Å². The standard InChI is InChI=1S/C14H11Br2NO4/c1-8(18)10-7-9(15)5-6-13(10)21-14-11(16)3-2-4-12(14)17(19)20/h2-8,18H,1H3. The highest BCUT2D eigenvalue weighted by molar-refractivity contribution is 9.10. The van der Waals surface area contributed by atoms with Gasteiger partial charge < -0.3 is 9.84 Å². The molecule has 0 saturated carbocycles. The first-order chi connectivity index (χ1) is 9.90. The molecule has 1 atom stereocenters. The minimum Gasteiger partial charge on any atom is -0.449 e. The number of nitrogens with zero attached hydrogens (tertiary/aromatic N) is 1. The van der Waals surface area contributed by atoms with E-state index in [0.717, 1.165) is 4.47 Å². The molecular formula is C14H11Br2NO4. The highest BCUT2D eigenvalue weighted by Gasteiger charge is 2.20. The van der Waals surface area contributed by atoms with Gasteiger partial charge in [0, 0.05) is 16.1 Å². The molecule has 0 spiro atoms. The fourth-order valence-corrected chi connectivity index (χ4v) is 2.61. The second-order valence-corrected chi connectivity index (χ2v) is 6.08. The summed E-state index contributed by atoms with van der Waals surface area (Å²) in [7, 11) is 0. The molecule has 0 bridgehead atoms. The molecule has 110 valence electrons. The average Bonchev–Trinajstić information content (AvgIpc) is 2.42. The summed E-state index contributed by atoms with van der Waals surface area (Å²) in [5, 5.41) is 20.9. The predicted molar refractivity (Wildman–Crippen MR) is 85.6 cm³/mol. The van der Waals surface area contributed by atoms with Crippen LogP contribution in [0.4, 0.5) is 5.69 Å². The van der Waals surface area contributed by atoms with Crippen LogP contribution in [0.25, 0.3) is 0 Å². The van der Waals surface area contributed by atoms with Crippen LogP contribution in [0, 0.1) is 10.1 Å². The lowest BCUT2D eigenvalue weighted by atomic mass is 10.1. The third-order valence-corrected chi connectivity index (χ3v) is 3.89. The summed E-state index contributed by atoms with van der Waals surface area (Å²) >= 11 is 6.57. The minimum atomic E-state index is -0.765. The fraction of sp³-hybridized carbons (Fsp3) is 0.143. The largest absolute Gasteiger partial charge is 0.449 e. The van der Waals surface area contributed by atoms with Gasteiger partial charge in [0.25, 0.3) is 0 Å². The molecule has 1 unspecified atom stereocenters. The van der Waals surface area contributed by atoms with Crippen LogP contribution in [0.3, 0.4) is 0 Å². The van der Waals surface area contributed by atoms with Crippen molar-refractivity contribution in [3.8, 4) is 11.5 Å². The average molecular weight is 417 g/mol. The fourth-order valence-electron chi connectivity index (χ4n) is 1.79. The first-order valence-electron chi connectivity index (χ1n) is 5.98. The molecule has 5 nitrogen and oxygen atoms in total. The Kier molecular flexibility index (Phi) is 4.97. The van der Waals surface area contributed by atoms with Crippen LogP contribution < -0.4 is 4.74 Å². The highest BCUT2D eigenvalue weighted by atomic mass is 79.9. The minimum absolute atomic E-state index is 0.103. The summed E-state index contributed by atoms with van der Waals surface area (Å²) < 4.78 is 6.93. The van der Waals surface area contributed by atoms with Crippen LogP contribution in [-0.4, -0.2) is 10.0 Å². The first-order valence-corrected chi connectivity index (χ1v) is 7.57. The molecule has 0 aliphatic carbocycles. The quantitative estimate of drug-likeness (QED) is 0.564. The number of nitro benzene ring substituents is 1. The van der Waals surface area contributed by atoms with Gasteiger partial charge in [-0.15, -0.1) is 0 Å². The second-order valence-electron chi connectivity index (χ2n) is 4.31. The van der Waals surface area contributed by atoms with Crippen LogP contribution in [0.2, 0.25) is 0 Å². The number of halogens is 2. The van der Waals surface area contributed by atoms with Crippen LogP contribution in [0.1, 0.15) is 18.6 Å². The van der Waals surface area contributed by atoms with Crippen molar-refractivity contribution < 1.29 is 14.8 Å². The van der Waals surface area contributed by atoms with Gasteiger partial charge in [0.05, 0.1) is 15.5 Å². The molecule has 0 saturated heterocycles. The molecule has 0 aliphatic rings. The normalized spacial score (nSPS) is 12.0. The Hall–Kier alpha value is -1.44. The topological polar surface area (TPSA) is 72.6 Å². The lowest BCUT2D eigenvalue weighted by molar-refractivity contribution is -0.385. The van der Waals surface area contributed by atoms with Crippen LogP contribution in [-0.2, 0) is 0 Å². The van der Waals surface area contributed by atoms with E-state index in [-0.39, 0.29) is 11.4 Å². The zero-order chi connectivity index (χ0) is 15.6. The van der Waals surface area contributed by atoms with E-state index in [2.05, 4.69) is 31.9 Å². The molecule has 0 aromatic heterocycles. The maximum Gasteiger partial charge on any atom is 0.312 e. The maximum absolute atomic E-state index is 11.1. The number of aliphatic hydroxyl groups excluding tert-OH is 1. The van der Waals surface area contributed by atoms with Crippen molar-refractivity contribution in [2.45, 2.75) is 13.0 Å². The smallest absolute Gasteiger partial charge is 0.312 e. The number of aliphatic hydroxyl groups is 1. The van der Waals surface area contributed by atoms with Gasteiger partial charge in [-0.3, -0.25) is 10.1 Å². The molecule has 0 radical (unpaired) electrons. The SMILES string of the molecule is CC(O)c1cc(Br)ccc1Oc1c(Br)cccc1[N+](=O)[O-]. The molecule has 21 heavy (non-hydrogen) atoms. The third-order valence-electron chi connectivity index (χ3n) is 2.78. The Bertz CT molecular complexity index is 689. The zero-order valence-corrected chi connectivity index (χ0v) is 14.1. The molecule has 1 N–H and O–H groups in total. The molecule has 0 fully saturated rings. The Labute approximate surface area is 138 Å². The van der Waals surface area contributed by atoms with Gasteiger partial charge >= 0.3 is 5.69 Å². The molecule has 0 amide bonds. The number of ether oxygens (including phenoxy) is 1. The van der Waals surface area contributed by atoms with E-state index in [1.165, 1.54) is 6.07 Å². The monoisotopic (exact) mass is 415 g/mol. The Morgan fingerprint density at radius 2 is 2.00 bits per heavy atom. The van der Waals surface area contributed by atoms with Crippen LogP contribution >= 0.6 is 31.9 Å². The first kappa shape index (κ1) is 15.9. The number of para-hydroxylation sites is 1. The summed E-state index contributed by atoms with van der Waals surface area (Å²) in [6.45, 7) is 1.60. The van der Waals surface area contributed by atoms with Gasteiger partial charge in [-0.2, -0.15) is 0 Å². The maximum atomic E-state index is 11.1. The summed E-state index contributed by atoms with van der Waals surface area (Å²) in [4.78, 5) is 10.6. The Balaban J connectivity index is 2.51. The number of rotatable bonds is 4. The second kappa shape index (κ2) is 6.55. The lowest BCUT2D eigenvalue weighted by Crippen LogP contribution is -1.99. The van der Waals surface area contributed by atoms with Crippen molar-refractivity contribution in [2.75, 3.05) is 0 Å². The van der Waals surface area contributed by atoms with E-state index < -0.39 is 11.0 Å². The number of benzene rings is 2. The van der Waals surface area contributed by atoms with E-state index in [1.54, 1.807) is 37.3 Å². The lowest BCUT2D eigenvalue weighted by Gasteiger charge is -2.14. The van der Waals surface area contributed by atoms with Gasteiger partial charge in [0.15, 0.2) is 0 Å². The molecule has 2 aromatic carbocycles. The van der Waals surface area contributed by atoms with E-state index in [4.69, 9.17) is 4.74 Å². The van der Waals surface area contributed by atoms with Gasteiger partial charge in [-0.1, -0.05) is 22.0 Å². The van der Waals surface area contributed by atoms with E-state index >= 15 is 0 Å². The molecule has 2 aromatic rings. The number of hydrogen-bond acceptors (Lipinski definition) is 4. The van der Waals surface area contributed by atoms with E-state index in [9.17, 15) is 15.2 Å². The summed E-state index contributed by atoms with van der Waals surface area (Å²) in [5.41, 5.74) is 0.387. The Morgan fingerprint density at radius 1 is 1.29 bits per heavy atom.